The van der Waals surface area contributed by atoms with Crippen LogP contribution in [0.5, 0.6) is 0 Å². The van der Waals surface area contributed by atoms with E-state index in [1.54, 1.807) is 6.07 Å². The lowest BCUT2D eigenvalue weighted by atomic mass is 10.1. The summed E-state index contributed by atoms with van der Waals surface area (Å²) >= 11 is 0. The minimum atomic E-state index is -4.25. The quantitative estimate of drug-likeness (QED) is 0.725. The van der Waals surface area contributed by atoms with Crippen LogP contribution in [0.15, 0.2) is 41.2 Å². The first kappa shape index (κ1) is 20.7. The van der Waals surface area contributed by atoms with Crippen LogP contribution in [0, 0.1) is 6.92 Å². The second kappa shape index (κ2) is 8.85. The van der Waals surface area contributed by atoms with E-state index in [1.165, 1.54) is 13.1 Å². The van der Waals surface area contributed by atoms with Crippen molar-refractivity contribution in [2.24, 2.45) is 0 Å². The summed E-state index contributed by atoms with van der Waals surface area (Å²) in [7, 11) is 1.37. The van der Waals surface area contributed by atoms with Gasteiger partial charge in [-0.3, -0.25) is 14.5 Å². The minimum Gasteiger partial charge on any atom is -0.352 e. The Morgan fingerprint density at radius 2 is 1.96 bits per heavy atom. The number of carbonyl (C=O) groups is 1. The molecule has 1 heterocycles. The third kappa shape index (κ3) is 6.56. The summed E-state index contributed by atoms with van der Waals surface area (Å²) in [6, 6.07) is 10.7. The Balaban J connectivity index is 1.91. The van der Waals surface area contributed by atoms with Crippen LogP contribution < -0.4 is 10.9 Å². The first-order valence-corrected chi connectivity index (χ1v) is 8.49. The smallest absolute Gasteiger partial charge is 0.352 e. The van der Waals surface area contributed by atoms with E-state index in [-0.39, 0.29) is 18.7 Å². The molecule has 5 nitrogen and oxygen atoms in total. The summed E-state index contributed by atoms with van der Waals surface area (Å²) in [6.45, 7) is 1.30. The summed E-state index contributed by atoms with van der Waals surface area (Å²) in [5.41, 5.74) is 1.95. The third-order valence-electron chi connectivity index (χ3n) is 3.93. The number of pyridine rings is 1. The number of hydrogen-bond donors (Lipinski definition) is 2. The average molecular weight is 381 g/mol. The van der Waals surface area contributed by atoms with Gasteiger partial charge in [0.1, 0.15) is 5.56 Å². The van der Waals surface area contributed by atoms with E-state index < -0.39 is 24.2 Å². The second-order valence-electron chi connectivity index (χ2n) is 6.45. The van der Waals surface area contributed by atoms with Gasteiger partial charge in [-0.05, 0) is 50.7 Å². The molecule has 0 saturated heterocycles. The number of aryl methyl sites for hydroxylation is 1. The van der Waals surface area contributed by atoms with Crippen LogP contribution in [-0.2, 0) is 0 Å². The van der Waals surface area contributed by atoms with Gasteiger partial charge < -0.3 is 10.3 Å². The Labute approximate surface area is 155 Å². The van der Waals surface area contributed by atoms with Crippen LogP contribution in [0.1, 0.15) is 22.3 Å². The number of aromatic amines is 1. The molecule has 2 aromatic rings. The molecule has 146 valence electrons. The maximum Gasteiger partial charge on any atom is 0.401 e. The van der Waals surface area contributed by atoms with Crippen LogP contribution in [0.3, 0.4) is 0 Å². The molecular weight excluding hydrogens is 359 g/mol. The van der Waals surface area contributed by atoms with Gasteiger partial charge in [0.2, 0.25) is 0 Å². The normalized spacial score (nSPS) is 11.6. The number of hydrogen-bond acceptors (Lipinski definition) is 3. The minimum absolute atomic E-state index is 0.0324. The highest BCUT2D eigenvalue weighted by molar-refractivity contribution is 5.94. The molecule has 0 atom stereocenters. The third-order valence-corrected chi connectivity index (χ3v) is 3.93. The first-order valence-electron chi connectivity index (χ1n) is 8.49. The number of benzene rings is 1. The van der Waals surface area contributed by atoms with E-state index in [0.29, 0.717) is 12.1 Å². The second-order valence-corrected chi connectivity index (χ2v) is 6.45. The SMILES string of the molecule is Cc1cccc(-c2ccc(C(=O)NCCCN(C)CC(F)(F)F)c(=O)[nH]2)c1. The summed E-state index contributed by atoms with van der Waals surface area (Å²) < 4.78 is 36.7. The number of alkyl halides is 3. The lowest BCUT2D eigenvalue weighted by Gasteiger charge is -2.18. The number of nitrogens with zero attached hydrogens (tertiary/aromatic N) is 1. The van der Waals surface area contributed by atoms with Gasteiger partial charge in [0, 0.05) is 12.2 Å². The molecule has 0 spiro atoms. The molecule has 1 aromatic heterocycles. The maximum absolute atomic E-state index is 12.2. The Bertz CT molecular complexity index is 847. The number of rotatable bonds is 7. The standard InChI is InChI=1S/C19H22F3N3O2/c1-13-5-3-6-14(11-13)16-8-7-15(18(27)24-16)17(26)23-9-4-10-25(2)12-19(20,21)22/h3,5-8,11H,4,9-10,12H2,1-2H3,(H,23,26)(H,24,27). The van der Waals surface area contributed by atoms with Crippen LogP contribution >= 0.6 is 0 Å². The van der Waals surface area contributed by atoms with Crippen molar-refractivity contribution in [3.05, 3.63) is 57.9 Å². The van der Waals surface area contributed by atoms with Gasteiger partial charge in [-0.2, -0.15) is 13.2 Å². The monoisotopic (exact) mass is 381 g/mol. The van der Waals surface area contributed by atoms with Gasteiger partial charge in [-0.25, -0.2) is 0 Å². The van der Waals surface area contributed by atoms with Crippen molar-refractivity contribution in [1.29, 1.82) is 0 Å². The Morgan fingerprint density at radius 1 is 1.22 bits per heavy atom. The molecule has 0 aliphatic rings. The highest BCUT2D eigenvalue weighted by atomic mass is 19.4. The molecule has 0 bridgehead atoms. The predicted molar refractivity (Wildman–Crippen MR) is 97.7 cm³/mol. The van der Waals surface area contributed by atoms with Gasteiger partial charge >= 0.3 is 6.18 Å². The summed E-state index contributed by atoms with van der Waals surface area (Å²) in [4.78, 5) is 28.1. The van der Waals surface area contributed by atoms with E-state index in [2.05, 4.69) is 10.3 Å². The summed E-state index contributed by atoms with van der Waals surface area (Å²) in [6.07, 6.45) is -3.90. The fourth-order valence-corrected chi connectivity index (χ4v) is 2.66. The van der Waals surface area contributed by atoms with E-state index in [0.717, 1.165) is 16.0 Å². The molecule has 8 heteroatoms. The van der Waals surface area contributed by atoms with Gasteiger partial charge in [-0.15, -0.1) is 0 Å². The van der Waals surface area contributed by atoms with Crippen LogP contribution in [0.4, 0.5) is 13.2 Å². The molecular formula is C19H22F3N3O2. The van der Waals surface area contributed by atoms with Gasteiger partial charge in [-0.1, -0.05) is 23.8 Å². The van der Waals surface area contributed by atoms with Crippen LogP contribution in [0.2, 0.25) is 0 Å². The molecule has 0 radical (unpaired) electrons. The van der Waals surface area contributed by atoms with Crippen molar-refractivity contribution in [3.63, 3.8) is 0 Å². The number of aromatic nitrogens is 1. The molecule has 1 amide bonds. The molecule has 0 aliphatic carbocycles. The van der Waals surface area contributed by atoms with Crippen LogP contribution in [-0.4, -0.2) is 48.6 Å². The average Bonchev–Trinajstić information content (AvgIpc) is 2.57. The van der Waals surface area contributed by atoms with Crippen molar-refractivity contribution in [1.82, 2.24) is 15.2 Å². The Hall–Kier alpha value is -2.61. The summed E-state index contributed by atoms with van der Waals surface area (Å²) in [5, 5.41) is 2.56. The lowest BCUT2D eigenvalue weighted by molar-refractivity contribution is -0.143. The van der Waals surface area contributed by atoms with Crippen LogP contribution in [0.25, 0.3) is 11.3 Å². The fraction of sp³-hybridized carbons (Fsp3) is 0.368. The van der Waals surface area contributed by atoms with E-state index in [9.17, 15) is 22.8 Å². The predicted octanol–water partition coefficient (Wildman–Crippen LogP) is 2.96. The highest BCUT2D eigenvalue weighted by Crippen LogP contribution is 2.17. The van der Waals surface area contributed by atoms with Crippen molar-refractivity contribution in [2.45, 2.75) is 19.5 Å². The van der Waals surface area contributed by atoms with E-state index in [1.807, 2.05) is 31.2 Å². The number of nitrogens with one attached hydrogen (secondary N) is 2. The number of amides is 1. The number of H-pyrrole nitrogens is 1. The zero-order valence-electron chi connectivity index (χ0n) is 15.2. The van der Waals surface area contributed by atoms with Crippen molar-refractivity contribution < 1.29 is 18.0 Å². The van der Waals surface area contributed by atoms with Crippen molar-refractivity contribution in [3.8, 4) is 11.3 Å². The highest BCUT2D eigenvalue weighted by Gasteiger charge is 2.28. The first-order chi connectivity index (χ1) is 12.7. The topological polar surface area (TPSA) is 65.2 Å². The molecule has 27 heavy (non-hydrogen) atoms. The van der Waals surface area contributed by atoms with Gasteiger partial charge in [0.15, 0.2) is 0 Å². The van der Waals surface area contributed by atoms with Crippen molar-refractivity contribution in [2.75, 3.05) is 26.7 Å². The molecule has 2 rings (SSSR count). The van der Waals surface area contributed by atoms with E-state index >= 15 is 0 Å². The largest absolute Gasteiger partial charge is 0.401 e. The molecule has 0 aliphatic heterocycles. The molecule has 0 saturated carbocycles. The zero-order chi connectivity index (χ0) is 20.0. The van der Waals surface area contributed by atoms with Crippen molar-refractivity contribution >= 4 is 5.91 Å². The van der Waals surface area contributed by atoms with Gasteiger partial charge in [0.25, 0.3) is 11.5 Å². The number of halogens is 3. The molecule has 2 N–H and O–H groups in total. The van der Waals surface area contributed by atoms with E-state index in [4.69, 9.17) is 0 Å². The molecule has 0 fully saturated rings. The zero-order valence-corrected chi connectivity index (χ0v) is 15.2. The molecule has 0 unspecified atom stereocenters. The summed E-state index contributed by atoms with van der Waals surface area (Å²) in [5.74, 6) is -0.550. The number of carbonyl (C=O) groups excluding carboxylic acids is 1. The fourth-order valence-electron chi connectivity index (χ4n) is 2.66. The Kier molecular flexibility index (Phi) is 6.79. The lowest BCUT2D eigenvalue weighted by Crippen LogP contribution is -2.34. The van der Waals surface area contributed by atoms with Gasteiger partial charge in [0.05, 0.1) is 6.54 Å². The molecule has 1 aromatic carbocycles. The Morgan fingerprint density at radius 3 is 2.59 bits per heavy atom. The maximum atomic E-state index is 12.2.